The number of halogens is 1. The molecule has 3 heteroatoms. The summed E-state index contributed by atoms with van der Waals surface area (Å²) in [6, 6.07) is 6.07. The molecule has 0 aliphatic carbocycles. The molecular formula is C14H21FN2. The smallest absolute Gasteiger partial charge is 0.123 e. The van der Waals surface area contributed by atoms with E-state index in [1.54, 1.807) is 6.07 Å². The average Bonchev–Trinajstić information content (AvgIpc) is 2.70. The van der Waals surface area contributed by atoms with Gasteiger partial charge < -0.3 is 10.6 Å². The molecule has 2 unspecified atom stereocenters. The summed E-state index contributed by atoms with van der Waals surface area (Å²) in [7, 11) is 0. The van der Waals surface area contributed by atoms with Crippen LogP contribution in [0.2, 0.25) is 0 Å². The highest BCUT2D eigenvalue weighted by molar-refractivity contribution is 5.56. The van der Waals surface area contributed by atoms with Gasteiger partial charge in [-0.3, -0.25) is 0 Å². The number of hydrogen-bond acceptors (Lipinski definition) is 2. The predicted molar refractivity (Wildman–Crippen MR) is 69.5 cm³/mol. The quantitative estimate of drug-likeness (QED) is 0.874. The van der Waals surface area contributed by atoms with E-state index < -0.39 is 0 Å². The minimum absolute atomic E-state index is 0.200. The van der Waals surface area contributed by atoms with Gasteiger partial charge in [0, 0.05) is 24.3 Å². The molecule has 1 fully saturated rings. The summed E-state index contributed by atoms with van der Waals surface area (Å²) in [6.07, 6.45) is 3.56. The molecule has 2 nitrogen and oxygen atoms in total. The standard InChI is InChI=1S/C14H21FN2/c1-3-13-6-4-10(2)17(13)14-7-5-12(15)8-11(14)9-16/h5,7-8,10,13H,3-4,6,9,16H2,1-2H3. The fourth-order valence-electron chi connectivity index (χ4n) is 2.88. The van der Waals surface area contributed by atoms with Gasteiger partial charge in [0.15, 0.2) is 0 Å². The monoisotopic (exact) mass is 236 g/mol. The molecule has 17 heavy (non-hydrogen) atoms. The predicted octanol–water partition coefficient (Wildman–Crippen LogP) is 3.05. The maximum Gasteiger partial charge on any atom is 0.123 e. The number of hydrogen-bond donors (Lipinski definition) is 1. The van der Waals surface area contributed by atoms with Gasteiger partial charge in [-0.1, -0.05) is 6.92 Å². The first-order chi connectivity index (χ1) is 8.17. The highest BCUT2D eigenvalue weighted by Crippen LogP contribution is 2.34. The first kappa shape index (κ1) is 12.4. The highest BCUT2D eigenvalue weighted by atomic mass is 19.1. The van der Waals surface area contributed by atoms with Gasteiger partial charge in [-0.25, -0.2) is 4.39 Å². The third-order valence-electron chi connectivity index (χ3n) is 3.80. The van der Waals surface area contributed by atoms with Crippen LogP contribution in [0.1, 0.15) is 38.7 Å². The largest absolute Gasteiger partial charge is 0.366 e. The van der Waals surface area contributed by atoms with Crippen molar-refractivity contribution in [2.24, 2.45) is 5.73 Å². The number of anilines is 1. The fourth-order valence-corrected chi connectivity index (χ4v) is 2.88. The van der Waals surface area contributed by atoms with Crippen LogP contribution in [0.4, 0.5) is 10.1 Å². The molecule has 1 aromatic carbocycles. The molecule has 0 amide bonds. The van der Waals surface area contributed by atoms with Crippen LogP contribution >= 0.6 is 0 Å². The second-order valence-corrected chi connectivity index (χ2v) is 4.87. The molecule has 1 saturated heterocycles. The van der Waals surface area contributed by atoms with Crippen LogP contribution in [-0.2, 0) is 6.54 Å². The molecule has 1 aliphatic heterocycles. The van der Waals surface area contributed by atoms with E-state index in [0.29, 0.717) is 18.6 Å². The maximum atomic E-state index is 13.2. The van der Waals surface area contributed by atoms with Crippen molar-refractivity contribution >= 4 is 5.69 Å². The van der Waals surface area contributed by atoms with Gasteiger partial charge in [-0.15, -0.1) is 0 Å². The van der Waals surface area contributed by atoms with Gasteiger partial charge in [0.1, 0.15) is 5.82 Å². The lowest BCUT2D eigenvalue weighted by Gasteiger charge is -2.32. The third kappa shape index (κ3) is 2.29. The Morgan fingerprint density at radius 2 is 2.18 bits per heavy atom. The number of rotatable bonds is 3. The Bertz CT molecular complexity index is 392. The molecule has 1 aromatic rings. The molecule has 2 rings (SSSR count). The van der Waals surface area contributed by atoms with Crippen LogP contribution < -0.4 is 10.6 Å². The van der Waals surface area contributed by atoms with Gasteiger partial charge in [0.25, 0.3) is 0 Å². The number of benzene rings is 1. The Balaban J connectivity index is 2.38. The van der Waals surface area contributed by atoms with Crippen molar-refractivity contribution in [2.75, 3.05) is 4.90 Å². The van der Waals surface area contributed by atoms with E-state index in [1.807, 2.05) is 6.07 Å². The zero-order valence-corrected chi connectivity index (χ0v) is 10.6. The van der Waals surface area contributed by atoms with Crippen LogP contribution in [0.25, 0.3) is 0 Å². The summed E-state index contributed by atoms with van der Waals surface area (Å²) in [5.74, 6) is -0.200. The molecule has 0 aromatic heterocycles. The second-order valence-electron chi connectivity index (χ2n) is 4.87. The minimum atomic E-state index is -0.200. The molecule has 0 bridgehead atoms. The molecule has 0 spiro atoms. The summed E-state index contributed by atoms with van der Waals surface area (Å²) in [4.78, 5) is 2.42. The van der Waals surface area contributed by atoms with Crippen molar-refractivity contribution in [3.05, 3.63) is 29.6 Å². The van der Waals surface area contributed by atoms with Gasteiger partial charge in [-0.05, 0) is 49.9 Å². The summed E-state index contributed by atoms with van der Waals surface area (Å²) >= 11 is 0. The molecular weight excluding hydrogens is 215 g/mol. The molecule has 2 atom stereocenters. The first-order valence-corrected chi connectivity index (χ1v) is 6.44. The second kappa shape index (κ2) is 5.05. The first-order valence-electron chi connectivity index (χ1n) is 6.44. The lowest BCUT2D eigenvalue weighted by molar-refractivity contribution is 0.613. The molecule has 0 saturated carbocycles. The summed E-state index contributed by atoms with van der Waals surface area (Å²) in [5.41, 5.74) is 7.76. The van der Waals surface area contributed by atoms with Crippen LogP contribution in [0.15, 0.2) is 18.2 Å². The van der Waals surface area contributed by atoms with E-state index in [-0.39, 0.29) is 5.82 Å². The lowest BCUT2D eigenvalue weighted by Crippen LogP contribution is -2.35. The third-order valence-corrected chi connectivity index (χ3v) is 3.80. The Labute approximate surface area is 103 Å². The van der Waals surface area contributed by atoms with E-state index in [0.717, 1.165) is 17.7 Å². The maximum absolute atomic E-state index is 13.2. The normalized spacial score (nSPS) is 24.4. The van der Waals surface area contributed by atoms with Crippen molar-refractivity contribution in [1.29, 1.82) is 0 Å². The van der Waals surface area contributed by atoms with Gasteiger partial charge in [-0.2, -0.15) is 0 Å². The van der Waals surface area contributed by atoms with Crippen LogP contribution in [-0.4, -0.2) is 12.1 Å². The minimum Gasteiger partial charge on any atom is -0.366 e. The van der Waals surface area contributed by atoms with Crippen molar-refractivity contribution < 1.29 is 4.39 Å². The highest BCUT2D eigenvalue weighted by Gasteiger charge is 2.30. The number of nitrogens with zero attached hydrogens (tertiary/aromatic N) is 1. The molecule has 1 aliphatic rings. The van der Waals surface area contributed by atoms with E-state index >= 15 is 0 Å². The van der Waals surface area contributed by atoms with Crippen molar-refractivity contribution in [2.45, 2.75) is 51.7 Å². The fraction of sp³-hybridized carbons (Fsp3) is 0.571. The SMILES string of the molecule is CCC1CCC(C)N1c1ccc(F)cc1CN. The van der Waals surface area contributed by atoms with E-state index in [4.69, 9.17) is 5.73 Å². The lowest BCUT2D eigenvalue weighted by atomic mass is 10.1. The molecule has 94 valence electrons. The summed E-state index contributed by atoms with van der Waals surface area (Å²) in [5, 5.41) is 0. The summed E-state index contributed by atoms with van der Waals surface area (Å²) in [6.45, 7) is 4.84. The Kier molecular flexibility index (Phi) is 3.67. The van der Waals surface area contributed by atoms with E-state index in [2.05, 4.69) is 18.7 Å². The molecule has 0 radical (unpaired) electrons. The number of nitrogens with two attached hydrogens (primary N) is 1. The zero-order chi connectivity index (χ0) is 12.4. The Morgan fingerprint density at radius 3 is 2.82 bits per heavy atom. The topological polar surface area (TPSA) is 29.3 Å². The summed E-state index contributed by atoms with van der Waals surface area (Å²) < 4.78 is 13.2. The zero-order valence-electron chi connectivity index (χ0n) is 10.6. The van der Waals surface area contributed by atoms with Crippen LogP contribution in [0, 0.1) is 5.82 Å². The molecule has 2 N–H and O–H groups in total. The Morgan fingerprint density at radius 1 is 1.41 bits per heavy atom. The van der Waals surface area contributed by atoms with Crippen molar-refractivity contribution in [3.8, 4) is 0 Å². The average molecular weight is 236 g/mol. The Hall–Kier alpha value is -1.09. The van der Waals surface area contributed by atoms with Crippen LogP contribution in [0.5, 0.6) is 0 Å². The van der Waals surface area contributed by atoms with E-state index in [1.165, 1.54) is 18.9 Å². The van der Waals surface area contributed by atoms with Gasteiger partial charge >= 0.3 is 0 Å². The van der Waals surface area contributed by atoms with E-state index in [9.17, 15) is 4.39 Å². The van der Waals surface area contributed by atoms with Crippen molar-refractivity contribution in [3.63, 3.8) is 0 Å². The van der Waals surface area contributed by atoms with Gasteiger partial charge in [0.2, 0.25) is 0 Å². The van der Waals surface area contributed by atoms with Crippen LogP contribution in [0.3, 0.4) is 0 Å². The van der Waals surface area contributed by atoms with Gasteiger partial charge in [0.05, 0.1) is 0 Å². The van der Waals surface area contributed by atoms with Crippen molar-refractivity contribution in [1.82, 2.24) is 0 Å². The molecule has 1 heterocycles.